The molecule has 1 spiro atoms. The predicted molar refractivity (Wildman–Crippen MR) is 180 cm³/mol. The number of fused-ring (bicyclic) bond motifs is 11. The van der Waals surface area contributed by atoms with Crippen molar-refractivity contribution in [2.45, 2.75) is 31.1 Å². The highest BCUT2D eigenvalue weighted by atomic mass is 16.3. The Morgan fingerprint density at radius 1 is 0.477 bits per heavy atom. The van der Waals surface area contributed by atoms with Gasteiger partial charge in [0.2, 0.25) is 0 Å². The highest BCUT2D eigenvalue weighted by Gasteiger charge is 2.45. The average Bonchev–Trinajstić information content (AvgIpc) is 3.85. The largest absolute Gasteiger partial charge is 0.456 e. The normalized spacial score (nSPS) is 15.1. The molecule has 2 aliphatic carbocycles. The zero-order chi connectivity index (χ0) is 28.8. The van der Waals surface area contributed by atoms with Crippen LogP contribution in [0.1, 0.15) is 36.8 Å². The minimum atomic E-state index is 0.0899. The third-order valence-electron chi connectivity index (χ3n) is 10.2. The molecule has 44 heavy (non-hydrogen) atoms. The van der Waals surface area contributed by atoms with Gasteiger partial charge in [0.1, 0.15) is 22.3 Å². The highest BCUT2D eigenvalue weighted by molar-refractivity contribution is 6.14. The van der Waals surface area contributed by atoms with E-state index in [1.165, 1.54) is 47.9 Å². The summed E-state index contributed by atoms with van der Waals surface area (Å²) in [5.41, 5.74) is 12.8. The molecule has 10 rings (SSSR count). The summed E-state index contributed by atoms with van der Waals surface area (Å²) in [5.74, 6) is 0. The minimum Gasteiger partial charge on any atom is -0.456 e. The maximum atomic E-state index is 6.38. The number of anilines is 3. The predicted octanol–water partition coefficient (Wildman–Crippen LogP) is 11.8. The van der Waals surface area contributed by atoms with E-state index < -0.39 is 0 Å². The Balaban J connectivity index is 1.26. The van der Waals surface area contributed by atoms with E-state index in [1.807, 2.05) is 18.2 Å². The second kappa shape index (κ2) is 8.87. The Kier molecular flexibility index (Phi) is 4.88. The lowest BCUT2D eigenvalue weighted by atomic mass is 9.76. The smallest absolute Gasteiger partial charge is 0.137 e. The van der Waals surface area contributed by atoms with Gasteiger partial charge in [-0.3, -0.25) is 0 Å². The lowest BCUT2D eigenvalue weighted by Gasteiger charge is -2.30. The molecule has 8 aromatic rings. The van der Waals surface area contributed by atoms with E-state index in [0.29, 0.717) is 0 Å². The van der Waals surface area contributed by atoms with Crippen LogP contribution in [0.5, 0.6) is 0 Å². The molecule has 0 amide bonds. The molecule has 2 aromatic heterocycles. The Hall–Kier alpha value is -5.28. The number of hydrogen-bond acceptors (Lipinski definition) is 3. The second-order valence-corrected chi connectivity index (χ2v) is 12.4. The molecule has 2 heterocycles. The van der Waals surface area contributed by atoms with Gasteiger partial charge in [-0.05, 0) is 89.7 Å². The van der Waals surface area contributed by atoms with Crippen molar-refractivity contribution in [1.82, 2.24) is 0 Å². The van der Waals surface area contributed by atoms with Gasteiger partial charge in [0.05, 0.1) is 11.1 Å². The number of nitrogens with zero attached hydrogens (tertiary/aromatic N) is 1. The van der Waals surface area contributed by atoms with Crippen molar-refractivity contribution in [3.8, 4) is 11.1 Å². The third kappa shape index (κ3) is 3.21. The van der Waals surface area contributed by atoms with Gasteiger partial charge < -0.3 is 13.7 Å². The summed E-state index contributed by atoms with van der Waals surface area (Å²) in [7, 11) is 0. The van der Waals surface area contributed by atoms with Gasteiger partial charge in [-0.2, -0.15) is 0 Å². The van der Waals surface area contributed by atoms with Gasteiger partial charge >= 0.3 is 0 Å². The highest BCUT2D eigenvalue weighted by Crippen LogP contribution is 2.58. The van der Waals surface area contributed by atoms with Gasteiger partial charge in [0.15, 0.2) is 0 Å². The first-order valence-corrected chi connectivity index (χ1v) is 15.6. The molecule has 210 valence electrons. The quantitative estimate of drug-likeness (QED) is 0.213. The fraction of sp³-hybridized carbons (Fsp3) is 0.122. The summed E-state index contributed by atoms with van der Waals surface area (Å²) in [4.78, 5) is 2.43. The first kappa shape index (κ1) is 24.2. The summed E-state index contributed by atoms with van der Waals surface area (Å²) < 4.78 is 12.6. The molecular formula is C41H29NO2. The molecule has 0 radical (unpaired) electrons. The summed E-state index contributed by atoms with van der Waals surface area (Å²) in [5, 5.41) is 4.50. The van der Waals surface area contributed by atoms with Gasteiger partial charge in [0.25, 0.3) is 0 Å². The molecule has 2 aliphatic rings. The molecule has 0 saturated heterocycles. The molecule has 0 N–H and O–H groups in total. The molecule has 0 aliphatic heterocycles. The van der Waals surface area contributed by atoms with Gasteiger partial charge in [-0.15, -0.1) is 0 Å². The average molecular weight is 568 g/mol. The van der Waals surface area contributed by atoms with Gasteiger partial charge in [0, 0.05) is 32.9 Å². The van der Waals surface area contributed by atoms with Crippen LogP contribution in [0.4, 0.5) is 17.1 Å². The summed E-state index contributed by atoms with van der Waals surface area (Å²) in [6, 6.07) is 45.9. The molecule has 3 nitrogen and oxygen atoms in total. The van der Waals surface area contributed by atoms with E-state index in [1.54, 1.807) is 0 Å². The van der Waals surface area contributed by atoms with Crippen molar-refractivity contribution in [2.24, 2.45) is 0 Å². The molecule has 0 atom stereocenters. The first-order valence-electron chi connectivity index (χ1n) is 15.6. The lowest BCUT2D eigenvalue weighted by Crippen LogP contribution is -2.21. The SMILES string of the molecule is c1ccc2c(c1)-c1ccc(N(c3ccc4oc5ccccc5c4c3)c3cccc4oc5ccccc5c34)cc1C21CCCC1. The monoisotopic (exact) mass is 567 g/mol. The second-order valence-electron chi connectivity index (χ2n) is 12.4. The van der Waals surface area contributed by atoms with Crippen LogP contribution in [-0.4, -0.2) is 0 Å². The maximum Gasteiger partial charge on any atom is 0.137 e. The van der Waals surface area contributed by atoms with Gasteiger partial charge in [-0.1, -0.05) is 85.6 Å². The van der Waals surface area contributed by atoms with Crippen LogP contribution in [0.3, 0.4) is 0 Å². The fourth-order valence-electron chi connectivity index (χ4n) is 8.32. The van der Waals surface area contributed by atoms with Crippen molar-refractivity contribution < 1.29 is 8.83 Å². The topological polar surface area (TPSA) is 29.5 Å². The van der Waals surface area contributed by atoms with Crippen LogP contribution in [0.15, 0.2) is 136 Å². The first-order chi connectivity index (χ1) is 21.8. The van der Waals surface area contributed by atoms with Crippen molar-refractivity contribution in [3.05, 3.63) is 139 Å². The van der Waals surface area contributed by atoms with E-state index in [4.69, 9.17) is 8.83 Å². The van der Waals surface area contributed by atoms with E-state index in [9.17, 15) is 0 Å². The Bertz CT molecular complexity index is 2420. The molecule has 0 unspecified atom stereocenters. The maximum absolute atomic E-state index is 6.38. The number of furan rings is 2. The molecule has 3 heteroatoms. The van der Waals surface area contributed by atoms with Crippen LogP contribution >= 0.6 is 0 Å². The molecule has 1 fully saturated rings. The zero-order valence-corrected chi connectivity index (χ0v) is 24.2. The molecule has 1 saturated carbocycles. The number of rotatable bonds is 3. The Morgan fingerprint density at radius 2 is 1.11 bits per heavy atom. The summed E-state index contributed by atoms with van der Waals surface area (Å²) in [6.07, 6.45) is 4.95. The number of benzene rings is 6. The van der Waals surface area contributed by atoms with Crippen LogP contribution in [-0.2, 0) is 5.41 Å². The molecular weight excluding hydrogens is 538 g/mol. The number of para-hydroxylation sites is 2. The number of hydrogen-bond donors (Lipinski definition) is 0. The van der Waals surface area contributed by atoms with Crippen molar-refractivity contribution in [3.63, 3.8) is 0 Å². The fourth-order valence-corrected chi connectivity index (χ4v) is 8.32. The van der Waals surface area contributed by atoms with Crippen molar-refractivity contribution in [2.75, 3.05) is 4.90 Å². The minimum absolute atomic E-state index is 0.0899. The summed E-state index contributed by atoms with van der Waals surface area (Å²) >= 11 is 0. The van der Waals surface area contributed by atoms with Gasteiger partial charge in [-0.25, -0.2) is 0 Å². The molecule has 6 aromatic carbocycles. The third-order valence-corrected chi connectivity index (χ3v) is 10.2. The lowest BCUT2D eigenvalue weighted by molar-refractivity contribution is 0.550. The van der Waals surface area contributed by atoms with E-state index in [2.05, 4.69) is 114 Å². The zero-order valence-electron chi connectivity index (χ0n) is 24.2. The van der Waals surface area contributed by atoms with E-state index in [0.717, 1.165) is 60.9 Å². The Labute approximate surface area is 254 Å². The van der Waals surface area contributed by atoms with E-state index in [-0.39, 0.29) is 5.41 Å². The Morgan fingerprint density at radius 3 is 2.00 bits per heavy atom. The molecule has 0 bridgehead atoms. The summed E-state index contributed by atoms with van der Waals surface area (Å²) in [6.45, 7) is 0. The van der Waals surface area contributed by atoms with Crippen molar-refractivity contribution >= 4 is 60.9 Å². The van der Waals surface area contributed by atoms with Crippen LogP contribution in [0.2, 0.25) is 0 Å². The van der Waals surface area contributed by atoms with E-state index >= 15 is 0 Å². The van der Waals surface area contributed by atoms with Crippen LogP contribution < -0.4 is 4.90 Å². The van der Waals surface area contributed by atoms with Crippen molar-refractivity contribution in [1.29, 1.82) is 0 Å². The standard InChI is InChI=1S/C41H29NO2/c1-4-13-33-28(10-1)29-20-18-27(25-34(29)41(33)22-7-8-23-41)42(26-19-21-38-32(24-26)30-11-2-5-15-36(30)43-38)35-14-9-17-39-40(35)31-12-3-6-16-37(31)44-39/h1-6,9-21,24-25H,7-8,22-23H2. The van der Waals surface area contributed by atoms with Crippen LogP contribution in [0.25, 0.3) is 55.0 Å². The van der Waals surface area contributed by atoms with Crippen LogP contribution in [0, 0.1) is 0 Å².